The standard InChI is InChI=1S/C17H16N4OS/c23-17-20-19-16(15-9-4-10-22-15)21(17)18-11-13-7-3-6-12-5-1-2-8-14(12)13/h1-3,5-8,11,15H,4,9-10H2,(H,20,23)/b18-11-/t15-/m1/s1. The van der Waals surface area contributed by atoms with Gasteiger partial charge in [-0.05, 0) is 35.8 Å². The van der Waals surface area contributed by atoms with Gasteiger partial charge in [-0.3, -0.25) is 5.10 Å². The molecule has 0 saturated carbocycles. The maximum atomic E-state index is 5.69. The van der Waals surface area contributed by atoms with E-state index in [9.17, 15) is 0 Å². The molecule has 1 atom stereocenters. The monoisotopic (exact) mass is 324 g/mol. The van der Waals surface area contributed by atoms with E-state index < -0.39 is 0 Å². The minimum atomic E-state index is -0.0346. The molecule has 5 nitrogen and oxygen atoms in total. The van der Waals surface area contributed by atoms with E-state index in [0.29, 0.717) is 4.77 Å². The van der Waals surface area contributed by atoms with Crippen molar-refractivity contribution >= 4 is 29.2 Å². The van der Waals surface area contributed by atoms with Crippen LogP contribution in [0.1, 0.15) is 30.3 Å². The molecule has 6 heteroatoms. The lowest BCUT2D eigenvalue weighted by atomic mass is 10.1. The average Bonchev–Trinajstić information content (AvgIpc) is 3.22. The summed E-state index contributed by atoms with van der Waals surface area (Å²) in [6.45, 7) is 0.761. The van der Waals surface area contributed by atoms with Crippen molar-refractivity contribution < 1.29 is 4.74 Å². The van der Waals surface area contributed by atoms with Crippen molar-refractivity contribution in [2.45, 2.75) is 18.9 Å². The topological polar surface area (TPSA) is 55.2 Å². The number of benzene rings is 2. The lowest BCUT2D eigenvalue weighted by molar-refractivity contribution is 0.102. The fraction of sp³-hybridized carbons (Fsp3) is 0.235. The van der Waals surface area contributed by atoms with Gasteiger partial charge in [0, 0.05) is 12.2 Å². The van der Waals surface area contributed by atoms with Crippen LogP contribution >= 0.6 is 12.2 Å². The van der Waals surface area contributed by atoms with E-state index in [1.165, 1.54) is 5.39 Å². The zero-order valence-electron chi connectivity index (χ0n) is 12.5. The number of nitrogens with one attached hydrogen (secondary N) is 1. The Hall–Kier alpha value is -2.31. The molecule has 0 aliphatic carbocycles. The Morgan fingerprint density at radius 2 is 2.13 bits per heavy atom. The quantitative estimate of drug-likeness (QED) is 0.588. The second-order valence-electron chi connectivity index (χ2n) is 5.51. The van der Waals surface area contributed by atoms with Crippen molar-refractivity contribution in [1.29, 1.82) is 0 Å². The molecule has 0 spiro atoms. The van der Waals surface area contributed by atoms with Crippen molar-refractivity contribution in [3.8, 4) is 0 Å². The van der Waals surface area contributed by atoms with Crippen LogP contribution in [0.4, 0.5) is 0 Å². The predicted molar refractivity (Wildman–Crippen MR) is 92.3 cm³/mol. The van der Waals surface area contributed by atoms with E-state index in [2.05, 4.69) is 33.5 Å². The van der Waals surface area contributed by atoms with Gasteiger partial charge >= 0.3 is 0 Å². The van der Waals surface area contributed by atoms with Crippen LogP contribution in [0, 0.1) is 4.77 Å². The number of rotatable bonds is 3. The predicted octanol–water partition coefficient (Wildman–Crippen LogP) is 3.83. The van der Waals surface area contributed by atoms with Crippen LogP contribution in [-0.2, 0) is 4.74 Å². The van der Waals surface area contributed by atoms with Gasteiger partial charge in [0.1, 0.15) is 6.10 Å². The Morgan fingerprint density at radius 1 is 1.26 bits per heavy atom. The third kappa shape index (κ3) is 2.71. The molecule has 0 radical (unpaired) electrons. The molecule has 116 valence electrons. The summed E-state index contributed by atoms with van der Waals surface area (Å²) in [5.41, 5.74) is 1.05. The molecule has 23 heavy (non-hydrogen) atoms. The Labute approximate surface area is 138 Å². The fourth-order valence-electron chi connectivity index (χ4n) is 2.89. The highest BCUT2D eigenvalue weighted by Crippen LogP contribution is 2.27. The fourth-order valence-corrected chi connectivity index (χ4v) is 3.07. The third-order valence-electron chi connectivity index (χ3n) is 4.03. The normalized spacial score (nSPS) is 18.2. The highest BCUT2D eigenvalue weighted by molar-refractivity contribution is 7.71. The molecule has 0 amide bonds. The van der Waals surface area contributed by atoms with E-state index in [-0.39, 0.29) is 6.10 Å². The second kappa shape index (κ2) is 6.06. The molecule has 1 N–H and O–H groups in total. The molecule has 2 aromatic carbocycles. The van der Waals surface area contributed by atoms with E-state index in [0.717, 1.165) is 36.2 Å². The number of aromatic nitrogens is 3. The molecular weight excluding hydrogens is 308 g/mol. The molecule has 1 aliphatic heterocycles. The van der Waals surface area contributed by atoms with E-state index in [4.69, 9.17) is 17.0 Å². The number of ether oxygens (including phenoxy) is 1. The van der Waals surface area contributed by atoms with Crippen molar-refractivity contribution in [1.82, 2.24) is 14.9 Å². The maximum Gasteiger partial charge on any atom is 0.216 e. The summed E-state index contributed by atoms with van der Waals surface area (Å²) in [4.78, 5) is 0. The first-order valence-electron chi connectivity index (χ1n) is 7.64. The Morgan fingerprint density at radius 3 is 3.00 bits per heavy atom. The van der Waals surface area contributed by atoms with E-state index in [1.54, 1.807) is 4.68 Å². The highest BCUT2D eigenvalue weighted by Gasteiger charge is 2.23. The smallest absolute Gasteiger partial charge is 0.216 e. The molecule has 1 aromatic heterocycles. The molecule has 1 aliphatic rings. The van der Waals surface area contributed by atoms with Gasteiger partial charge in [0.05, 0.1) is 6.21 Å². The number of aromatic amines is 1. The summed E-state index contributed by atoms with van der Waals surface area (Å²) in [5, 5.41) is 14.0. The van der Waals surface area contributed by atoms with Crippen LogP contribution in [-0.4, -0.2) is 27.7 Å². The molecule has 2 heterocycles. The van der Waals surface area contributed by atoms with Crippen LogP contribution in [0.25, 0.3) is 10.8 Å². The van der Waals surface area contributed by atoms with Gasteiger partial charge in [-0.15, -0.1) is 0 Å². The lowest BCUT2D eigenvalue weighted by Crippen LogP contribution is -2.05. The number of hydrogen-bond donors (Lipinski definition) is 1. The Balaban J connectivity index is 1.74. The van der Waals surface area contributed by atoms with E-state index >= 15 is 0 Å². The summed E-state index contributed by atoms with van der Waals surface area (Å²) in [6.07, 6.45) is 3.78. The summed E-state index contributed by atoms with van der Waals surface area (Å²) >= 11 is 5.30. The van der Waals surface area contributed by atoms with Gasteiger partial charge < -0.3 is 4.74 Å². The minimum Gasteiger partial charge on any atom is -0.370 e. The first-order chi connectivity index (χ1) is 11.3. The van der Waals surface area contributed by atoms with Crippen molar-refractivity contribution in [2.24, 2.45) is 5.10 Å². The van der Waals surface area contributed by atoms with Gasteiger partial charge in [-0.25, -0.2) is 0 Å². The van der Waals surface area contributed by atoms with Crippen LogP contribution in [0.2, 0.25) is 0 Å². The van der Waals surface area contributed by atoms with E-state index in [1.807, 2.05) is 30.5 Å². The Kier molecular flexibility index (Phi) is 3.77. The molecule has 3 aromatic rings. The van der Waals surface area contributed by atoms with Crippen LogP contribution < -0.4 is 0 Å². The van der Waals surface area contributed by atoms with Crippen molar-refractivity contribution in [2.75, 3.05) is 6.61 Å². The summed E-state index contributed by atoms with van der Waals surface area (Å²) in [7, 11) is 0. The first kappa shape index (κ1) is 14.3. The zero-order valence-corrected chi connectivity index (χ0v) is 13.3. The number of nitrogens with zero attached hydrogens (tertiary/aromatic N) is 3. The SMILES string of the molecule is S=c1[nH]nc([C@H]2CCCO2)n1/N=C\c1cccc2ccccc12. The zero-order chi connectivity index (χ0) is 15.6. The van der Waals surface area contributed by atoms with Gasteiger partial charge in [-0.1, -0.05) is 42.5 Å². The highest BCUT2D eigenvalue weighted by atomic mass is 32.1. The molecule has 1 saturated heterocycles. The maximum absolute atomic E-state index is 5.69. The molecule has 0 bridgehead atoms. The van der Waals surface area contributed by atoms with Crippen LogP contribution in [0.5, 0.6) is 0 Å². The minimum absolute atomic E-state index is 0.0346. The molecule has 1 fully saturated rings. The van der Waals surface area contributed by atoms with Crippen molar-refractivity contribution in [3.63, 3.8) is 0 Å². The second-order valence-corrected chi connectivity index (χ2v) is 5.90. The largest absolute Gasteiger partial charge is 0.370 e. The summed E-state index contributed by atoms with van der Waals surface area (Å²) < 4.78 is 7.83. The van der Waals surface area contributed by atoms with Crippen molar-refractivity contribution in [3.05, 3.63) is 58.6 Å². The van der Waals surface area contributed by atoms with Gasteiger partial charge in [0.15, 0.2) is 5.82 Å². The first-order valence-corrected chi connectivity index (χ1v) is 8.05. The number of hydrogen-bond acceptors (Lipinski definition) is 4. The molecule has 0 unspecified atom stereocenters. The van der Waals surface area contributed by atoms with Gasteiger partial charge in [0.2, 0.25) is 4.77 Å². The Bertz CT molecular complexity index is 916. The third-order valence-corrected chi connectivity index (χ3v) is 4.29. The lowest BCUT2D eigenvalue weighted by Gasteiger charge is -2.07. The number of H-pyrrole nitrogens is 1. The molecular formula is C17H16N4OS. The number of fused-ring (bicyclic) bond motifs is 1. The average molecular weight is 324 g/mol. The summed E-state index contributed by atoms with van der Waals surface area (Å²) in [6, 6.07) is 14.4. The molecule has 4 rings (SSSR count). The van der Waals surface area contributed by atoms with Gasteiger partial charge in [0.25, 0.3) is 0 Å². The van der Waals surface area contributed by atoms with Crippen LogP contribution in [0.15, 0.2) is 47.6 Å². The van der Waals surface area contributed by atoms with Crippen LogP contribution in [0.3, 0.4) is 0 Å². The van der Waals surface area contributed by atoms with Gasteiger partial charge in [-0.2, -0.15) is 14.9 Å². The summed E-state index contributed by atoms with van der Waals surface area (Å²) in [5.74, 6) is 0.740.